The molecule has 1 aromatic heterocycles. The Hall–Kier alpha value is -4.23. The molecule has 2 saturated heterocycles. The summed E-state index contributed by atoms with van der Waals surface area (Å²) in [5, 5.41) is 29.9. The highest BCUT2D eigenvalue weighted by atomic mass is 19.1. The molecule has 3 N–H and O–H groups in total. The molecule has 1 amide bonds. The average Bonchev–Trinajstić information content (AvgIpc) is 3.39. The molecule has 3 fully saturated rings. The summed E-state index contributed by atoms with van der Waals surface area (Å²) in [4.78, 5) is 39.5. The van der Waals surface area contributed by atoms with Crippen molar-refractivity contribution in [2.45, 2.75) is 63.7 Å². The second-order valence-corrected chi connectivity index (χ2v) is 11.4. The number of ether oxygens (including phenoxy) is 2. The SMILES string of the molecule is CC.O=C(O)c1cn(C2CCC2)c2cc(N3CCC(O)(COc4ccc(N5C[C@H](CO)OC5=O)cc4F)CC3)c(F)cc2c1=O. The third-order valence-electron chi connectivity index (χ3n) is 8.64. The molecule has 242 valence electrons. The van der Waals surface area contributed by atoms with Gasteiger partial charge in [0, 0.05) is 36.8 Å². The number of aromatic carboxylic acids is 1. The number of benzene rings is 2. The van der Waals surface area contributed by atoms with Crippen LogP contribution < -0.4 is 20.0 Å². The van der Waals surface area contributed by atoms with E-state index >= 15 is 4.39 Å². The predicted octanol–water partition coefficient (Wildman–Crippen LogP) is 4.46. The van der Waals surface area contributed by atoms with Crippen molar-refractivity contribution in [3.63, 3.8) is 0 Å². The van der Waals surface area contributed by atoms with E-state index in [1.54, 1.807) is 15.5 Å². The number of carboxylic acid groups (broad SMARTS) is 1. The molecule has 0 unspecified atom stereocenters. The van der Waals surface area contributed by atoms with Gasteiger partial charge < -0.3 is 34.3 Å². The zero-order valence-electron chi connectivity index (χ0n) is 25.2. The van der Waals surface area contributed by atoms with E-state index in [-0.39, 0.29) is 74.2 Å². The molecule has 3 aliphatic rings. The highest BCUT2D eigenvalue weighted by Gasteiger charge is 2.36. The van der Waals surface area contributed by atoms with Gasteiger partial charge in [-0.25, -0.2) is 18.4 Å². The Morgan fingerprint density at radius 2 is 1.80 bits per heavy atom. The summed E-state index contributed by atoms with van der Waals surface area (Å²) >= 11 is 0. The van der Waals surface area contributed by atoms with Crippen LogP contribution in [0.4, 0.5) is 25.0 Å². The molecular weight excluding hydrogens is 592 g/mol. The van der Waals surface area contributed by atoms with E-state index in [9.17, 15) is 34.1 Å². The van der Waals surface area contributed by atoms with Crippen LogP contribution in [0.25, 0.3) is 10.9 Å². The topological polar surface area (TPSA) is 142 Å². The Morgan fingerprint density at radius 3 is 2.38 bits per heavy atom. The molecular formula is C32H37F2N3O8. The second-order valence-electron chi connectivity index (χ2n) is 11.4. The van der Waals surface area contributed by atoms with Crippen LogP contribution in [-0.4, -0.2) is 76.5 Å². The molecule has 3 aromatic rings. The Labute approximate surface area is 258 Å². The standard InChI is InChI=1S/C30H31F2N3O8.C2H6/c31-22-11-20-24(34(17-2-1-3-17)14-21(27(20)37)28(38)39)12-25(22)33-8-6-30(41,7-9-33)16-42-26-5-4-18(10-23(26)32)35-13-19(15-36)43-29(35)40;1-2/h4-5,10-12,14,17,19,36,41H,1-3,6-9,13,15-16H2,(H,38,39);1-2H3/t19-;/m1./s1. The summed E-state index contributed by atoms with van der Waals surface area (Å²) in [6.07, 6.45) is 3.00. The number of carbonyl (C=O) groups excluding carboxylic acids is 1. The summed E-state index contributed by atoms with van der Waals surface area (Å²) in [6, 6.07) is 6.65. The predicted molar refractivity (Wildman–Crippen MR) is 162 cm³/mol. The van der Waals surface area contributed by atoms with Crippen molar-refractivity contribution in [1.29, 1.82) is 0 Å². The van der Waals surface area contributed by atoms with E-state index in [1.807, 2.05) is 13.8 Å². The number of aliphatic hydroxyl groups is 2. The summed E-state index contributed by atoms with van der Waals surface area (Å²) in [7, 11) is 0. The number of aromatic nitrogens is 1. The largest absolute Gasteiger partial charge is 0.488 e. The first kappa shape index (κ1) is 32.2. The van der Waals surface area contributed by atoms with Gasteiger partial charge >= 0.3 is 12.1 Å². The first-order valence-corrected chi connectivity index (χ1v) is 15.2. The van der Waals surface area contributed by atoms with Gasteiger partial charge in [-0.3, -0.25) is 9.69 Å². The molecule has 0 bridgehead atoms. The second kappa shape index (κ2) is 13.0. The zero-order chi connectivity index (χ0) is 32.5. The minimum absolute atomic E-state index is 0.0119. The van der Waals surface area contributed by atoms with Crippen LogP contribution in [0.5, 0.6) is 5.75 Å². The fourth-order valence-corrected chi connectivity index (χ4v) is 5.84. The van der Waals surface area contributed by atoms with Crippen LogP contribution in [0, 0.1) is 11.6 Å². The van der Waals surface area contributed by atoms with Crippen LogP contribution in [0.15, 0.2) is 41.3 Å². The minimum Gasteiger partial charge on any atom is -0.488 e. The number of amides is 1. The van der Waals surface area contributed by atoms with Crippen LogP contribution in [0.1, 0.15) is 62.4 Å². The highest BCUT2D eigenvalue weighted by Crippen LogP contribution is 2.37. The number of halogens is 2. The van der Waals surface area contributed by atoms with Gasteiger partial charge in [0.15, 0.2) is 11.6 Å². The van der Waals surface area contributed by atoms with Crippen molar-refractivity contribution in [3.8, 4) is 5.75 Å². The van der Waals surface area contributed by atoms with Crippen molar-refractivity contribution < 1.29 is 43.2 Å². The molecule has 3 heterocycles. The monoisotopic (exact) mass is 629 g/mol. The van der Waals surface area contributed by atoms with Gasteiger partial charge in [0.25, 0.3) is 0 Å². The maximum atomic E-state index is 15.4. The van der Waals surface area contributed by atoms with Crippen molar-refractivity contribution in [1.82, 2.24) is 4.57 Å². The van der Waals surface area contributed by atoms with Crippen molar-refractivity contribution >= 4 is 34.3 Å². The van der Waals surface area contributed by atoms with E-state index in [4.69, 9.17) is 9.47 Å². The minimum atomic E-state index is -1.36. The number of anilines is 2. The zero-order valence-corrected chi connectivity index (χ0v) is 25.2. The van der Waals surface area contributed by atoms with Gasteiger partial charge in [0.05, 0.1) is 30.0 Å². The number of carbonyl (C=O) groups is 2. The molecule has 45 heavy (non-hydrogen) atoms. The summed E-state index contributed by atoms with van der Waals surface area (Å²) < 4.78 is 42.5. The molecule has 0 spiro atoms. The van der Waals surface area contributed by atoms with Gasteiger partial charge in [0.1, 0.15) is 29.7 Å². The molecule has 1 atom stereocenters. The number of piperidine rings is 1. The van der Waals surface area contributed by atoms with Crippen LogP contribution in [0.2, 0.25) is 0 Å². The lowest BCUT2D eigenvalue weighted by molar-refractivity contribution is -0.0250. The van der Waals surface area contributed by atoms with Crippen LogP contribution in [-0.2, 0) is 4.74 Å². The van der Waals surface area contributed by atoms with Gasteiger partial charge in [-0.05, 0) is 56.4 Å². The van der Waals surface area contributed by atoms with E-state index in [0.717, 1.165) is 31.4 Å². The van der Waals surface area contributed by atoms with Gasteiger partial charge in [-0.2, -0.15) is 0 Å². The number of aliphatic hydroxyl groups excluding tert-OH is 1. The third kappa shape index (κ3) is 6.32. The quantitative estimate of drug-likeness (QED) is 0.329. The molecule has 0 radical (unpaired) electrons. The average molecular weight is 630 g/mol. The molecule has 13 heteroatoms. The van der Waals surface area contributed by atoms with E-state index < -0.39 is 46.4 Å². The lowest BCUT2D eigenvalue weighted by Gasteiger charge is -2.39. The molecule has 2 aliphatic heterocycles. The Morgan fingerprint density at radius 1 is 1.09 bits per heavy atom. The van der Waals surface area contributed by atoms with Crippen molar-refractivity contribution in [2.24, 2.45) is 0 Å². The number of rotatable bonds is 8. The highest BCUT2D eigenvalue weighted by molar-refractivity contribution is 5.93. The summed E-state index contributed by atoms with van der Waals surface area (Å²) in [5.74, 6) is -2.87. The number of cyclic esters (lactones) is 1. The summed E-state index contributed by atoms with van der Waals surface area (Å²) in [6.45, 7) is 4.05. The third-order valence-corrected chi connectivity index (χ3v) is 8.64. The number of nitrogens with zero attached hydrogens (tertiary/aromatic N) is 3. The molecule has 6 rings (SSSR count). The fraction of sp³-hybridized carbons (Fsp3) is 0.469. The first-order valence-electron chi connectivity index (χ1n) is 15.2. The van der Waals surface area contributed by atoms with Gasteiger partial charge in [-0.1, -0.05) is 13.8 Å². The van der Waals surface area contributed by atoms with Gasteiger partial charge in [-0.15, -0.1) is 0 Å². The van der Waals surface area contributed by atoms with Crippen LogP contribution in [0.3, 0.4) is 0 Å². The van der Waals surface area contributed by atoms with E-state index in [2.05, 4.69) is 0 Å². The number of fused-ring (bicyclic) bond motifs is 1. The smallest absolute Gasteiger partial charge is 0.414 e. The van der Waals surface area contributed by atoms with Gasteiger partial charge in [0.2, 0.25) is 5.43 Å². The first-order chi connectivity index (χ1) is 21.6. The maximum absolute atomic E-state index is 15.4. The lowest BCUT2D eigenvalue weighted by atomic mass is 9.91. The summed E-state index contributed by atoms with van der Waals surface area (Å²) in [5.41, 5.74) is -1.48. The van der Waals surface area contributed by atoms with Crippen molar-refractivity contribution in [3.05, 3.63) is 63.9 Å². The number of hydrogen-bond acceptors (Lipinski definition) is 8. The molecule has 2 aromatic carbocycles. The Kier molecular flexibility index (Phi) is 9.31. The normalized spacial score (nSPS) is 19.5. The molecule has 11 nitrogen and oxygen atoms in total. The fourth-order valence-electron chi connectivity index (χ4n) is 5.84. The molecule has 1 aliphatic carbocycles. The Bertz CT molecular complexity index is 1650. The van der Waals surface area contributed by atoms with Crippen molar-refractivity contribution in [2.75, 3.05) is 42.6 Å². The maximum Gasteiger partial charge on any atom is 0.414 e. The lowest BCUT2D eigenvalue weighted by Crippen LogP contribution is -2.48. The van der Waals surface area contributed by atoms with Crippen LogP contribution >= 0.6 is 0 Å². The number of pyridine rings is 1. The Balaban J connectivity index is 0.00000196. The number of carboxylic acids is 1. The van der Waals surface area contributed by atoms with E-state index in [0.29, 0.717) is 5.52 Å². The van der Waals surface area contributed by atoms with E-state index in [1.165, 1.54) is 23.2 Å². The molecule has 1 saturated carbocycles. The number of hydrogen-bond donors (Lipinski definition) is 3.